The molecule has 72 valence electrons. The van der Waals surface area contributed by atoms with Crippen molar-refractivity contribution in [3.63, 3.8) is 0 Å². The number of thiocarbonyl (C=S) groups is 1. The second-order valence-electron chi connectivity index (χ2n) is 3.06. The van der Waals surface area contributed by atoms with E-state index in [9.17, 15) is 5.21 Å². The lowest BCUT2D eigenvalue weighted by atomic mass is 10.1. The average Bonchev–Trinajstić information content (AvgIpc) is 2.62. The van der Waals surface area contributed by atoms with Gasteiger partial charge in [-0.15, -0.1) is 0 Å². The molecule has 2 N–H and O–H groups in total. The maximum Gasteiger partial charge on any atom is 0.0692 e. The van der Waals surface area contributed by atoms with Crippen molar-refractivity contribution in [2.24, 2.45) is 0 Å². The van der Waals surface area contributed by atoms with Crippen molar-refractivity contribution in [3.05, 3.63) is 41.2 Å². The smallest absolute Gasteiger partial charge is 0.0692 e. The van der Waals surface area contributed by atoms with Gasteiger partial charge in [0.15, 0.2) is 0 Å². The predicted molar refractivity (Wildman–Crippen MR) is 61.1 cm³/mol. The van der Waals surface area contributed by atoms with Gasteiger partial charge in [-0.2, -0.15) is 0 Å². The molecular formula is C10H9N2OS-. The van der Waals surface area contributed by atoms with Crippen molar-refractivity contribution in [2.75, 3.05) is 0 Å². The highest BCUT2D eigenvalue weighted by atomic mass is 32.1. The highest BCUT2D eigenvalue weighted by Crippen LogP contribution is 2.17. The zero-order valence-corrected chi connectivity index (χ0v) is 8.23. The Kier molecular flexibility index (Phi) is 2.47. The third kappa shape index (κ3) is 1.62. The molecule has 0 unspecified atom stereocenters. The van der Waals surface area contributed by atoms with E-state index in [2.05, 4.69) is 4.98 Å². The van der Waals surface area contributed by atoms with Crippen LogP contribution in [-0.2, 0) is 6.42 Å². The number of nitrogens with one attached hydrogen (secondary N) is 2. The number of benzene rings is 1. The van der Waals surface area contributed by atoms with E-state index in [1.54, 1.807) is 5.48 Å². The summed E-state index contributed by atoms with van der Waals surface area (Å²) in [7, 11) is 0. The SMILES string of the molecule is [O-]NC(=S)Cc1c[nH]c2ccccc12. The van der Waals surface area contributed by atoms with Gasteiger partial charge in [0.25, 0.3) is 0 Å². The fourth-order valence-electron chi connectivity index (χ4n) is 1.49. The Morgan fingerprint density at radius 2 is 2.21 bits per heavy atom. The lowest BCUT2D eigenvalue weighted by molar-refractivity contribution is 1.23. The summed E-state index contributed by atoms with van der Waals surface area (Å²) < 4.78 is 0. The minimum Gasteiger partial charge on any atom is -0.761 e. The summed E-state index contributed by atoms with van der Waals surface area (Å²) in [6.07, 6.45) is 2.37. The molecule has 0 aliphatic rings. The van der Waals surface area contributed by atoms with Crippen LogP contribution in [0.5, 0.6) is 0 Å². The quantitative estimate of drug-likeness (QED) is 0.583. The maximum atomic E-state index is 10.3. The van der Waals surface area contributed by atoms with Crippen molar-refractivity contribution >= 4 is 28.1 Å². The molecule has 0 spiro atoms. The summed E-state index contributed by atoms with van der Waals surface area (Å²) in [4.78, 5) is 3.44. The highest BCUT2D eigenvalue weighted by molar-refractivity contribution is 7.80. The molecule has 1 aromatic heterocycles. The number of fused-ring (bicyclic) bond motifs is 1. The Labute approximate surface area is 86.7 Å². The first kappa shape index (κ1) is 9.18. The van der Waals surface area contributed by atoms with Crippen molar-refractivity contribution in [1.82, 2.24) is 10.5 Å². The summed E-state index contributed by atoms with van der Waals surface area (Å²) in [5.41, 5.74) is 3.85. The molecule has 14 heavy (non-hydrogen) atoms. The summed E-state index contributed by atoms with van der Waals surface area (Å²) in [5.74, 6) is 0. The zero-order valence-electron chi connectivity index (χ0n) is 7.41. The van der Waals surface area contributed by atoms with Crippen LogP contribution < -0.4 is 5.48 Å². The fourth-order valence-corrected chi connectivity index (χ4v) is 1.64. The Bertz CT molecular complexity index is 464. The Morgan fingerprint density at radius 3 is 3.00 bits per heavy atom. The van der Waals surface area contributed by atoms with Crippen LogP contribution in [0.15, 0.2) is 30.5 Å². The molecular weight excluding hydrogens is 196 g/mol. The van der Waals surface area contributed by atoms with Gasteiger partial charge in [-0.05, 0) is 11.6 Å². The summed E-state index contributed by atoms with van der Waals surface area (Å²) in [6.45, 7) is 0. The first-order valence-corrected chi connectivity index (χ1v) is 4.68. The van der Waals surface area contributed by atoms with Gasteiger partial charge < -0.3 is 15.7 Å². The van der Waals surface area contributed by atoms with E-state index in [4.69, 9.17) is 12.2 Å². The van der Waals surface area contributed by atoms with Crippen LogP contribution in [0.2, 0.25) is 0 Å². The van der Waals surface area contributed by atoms with Crippen molar-refractivity contribution in [2.45, 2.75) is 6.42 Å². The molecule has 0 saturated heterocycles. The molecule has 3 nitrogen and oxygen atoms in total. The van der Waals surface area contributed by atoms with Crippen LogP contribution >= 0.6 is 12.2 Å². The first-order chi connectivity index (χ1) is 6.81. The lowest BCUT2D eigenvalue weighted by Gasteiger charge is -2.09. The molecule has 0 aliphatic heterocycles. The van der Waals surface area contributed by atoms with Gasteiger partial charge in [-0.25, -0.2) is 0 Å². The maximum absolute atomic E-state index is 10.3. The number of rotatable bonds is 2. The topological polar surface area (TPSA) is 50.9 Å². The number of hydrogen-bond acceptors (Lipinski definition) is 2. The monoisotopic (exact) mass is 205 g/mol. The van der Waals surface area contributed by atoms with E-state index in [-0.39, 0.29) is 0 Å². The molecule has 1 heterocycles. The second kappa shape index (κ2) is 3.77. The van der Waals surface area contributed by atoms with Gasteiger partial charge in [-0.1, -0.05) is 30.4 Å². The van der Waals surface area contributed by atoms with E-state index in [0.29, 0.717) is 11.4 Å². The summed E-state index contributed by atoms with van der Waals surface area (Å²) in [6, 6.07) is 7.93. The Balaban J connectivity index is 2.38. The lowest BCUT2D eigenvalue weighted by Crippen LogP contribution is -2.15. The summed E-state index contributed by atoms with van der Waals surface area (Å²) in [5, 5.41) is 11.4. The molecule has 0 fully saturated rings. The number of para-hydroxylation sites is 1. The largest absolute Gasteiger partial charge is 0.761 e. The van der Waals surface area contributed by atoms with Gasteiger partial charge in [-0.3, -0.25) is 0 Å². The third-order valence-corrected chi connectivity index (χ3v) is 2.37. The van der Waals surface area contributed by atoms with Crippen molar-refractivity contribution < 1.29 is 0 Å². The van der Waals surface area contributed by atoms with E-state index in [1.165, 1.54) is 0 Å². The highest BCUT2D eigenvalue weighted by Gasteiger charge is 2.03. The normalized spacial score (nSPS) is 10.4. The van der Waals surface area contributed by atoms with Crippen LogP contribution in [0.1, 0.15) is 5.56 Å². The van der Waals surface area contributed by atoms with Gasteiger partial charge in [0.1, 0.15) is 0 Å². The number of aromatic nitrogens is 1. The third-order valence-electron chi connectivity index (χ3n) is 2.14. The molecule has 4 heteroatoms. The number of H-pyrrole nitrogens is 1. The second-order valence-corrected chi connectivity index (χ2v) is 3.55. The zero-order chi connectivity index (χ0) is 9.97. The van der Waals surface area contributed by atoms with Gasteiger partial charge in [0.05, 0.1) is 4.99 Å². The van der Waals surface area contributed by atoms with E-state index >= 15 is 0 Å². The van der Waals surface area contributed by atoms with E-state index in [0.717, 1.165) is 16.5 Å². The fraction of sp³-hybridized carbons (Fsp3) is 0.100. The average molecular weight is 205 g/mol. The molecule has 0 atom stereocenters. The number of hydroxylamine groups is 1. The molecule has 0 bridgehead atoms. The molecule has 2 rings (SSSR count). The van der Waals surface area contributed by atoms with Gasteiger partial charge in [0.2, 0.25) is 0 Å². The molecule has 0 amide bonds. The van der Waals surface area contributed by atoms with Crippen molar-refractivity contribution in [3.8, 4) is 0 Å². The molecule has 0 aliphatic carbocycles. The number of aromatic amines is 1. The first-order valence-electron chi connectivity index (χ1n) is 4.27. The molecule has 1 aromatic carbocycles. The summed E-state index contributed by atoms with van der Waals surface area (Å²) >= 11 is 4.83. The molecule has 2 aromatic rings. The predicted octanol–water partition coefficient (Wildman–Crippen LogP) is 2.13. The molecule has 0 saturated carbocycles. The standard InChI is InChI=1S/C10H9N2OS/c13-12-10(14)5-7-6-11-9-4-2-1-3-8(7)9/h1-4,6,11H,5H2,(H-,12,13,14)/q-1. The molecule has 0 radical (unpaired) electrons. The van der Waals surface area contributed by atoms with Crippen LogP contribution in [-0.4, -0.2) is 9.97 Å². The number of hydrogen-bond donors (Lipinski definition) is 2. The van der Waals surface area contributed by atoms with E-state index in [1.807, 2.05) is 30.5 Å². The van der Waals surface area contributed by atoms with E-state index < -0.39 is 0 Å². The minimum atomic E-state index is 0.315. The Hall–Kier alpha value is -1.39. The minimum absolute atomic E-state index is 0.315. The van der Waals surface area contributed by atoms with Crippen LogP contribution in [0.4, 0.5) is 0 Å². The Morgan fingerprint density at radius 1 is 1.43 bits per heavy atom. The van der Waals surface area contributed by atoms with Crippen LogP contribution in [0.25, 0.3) is 10.9 Å². The van der Waals surface area contributed by atoms with Gasteiger partial charge in [0, 0.05) is 23.5 Å². The van der Waals surface area contributed by atoms with Gasteiger partial charge >= 0.3 is 0 Å². The van der Waals surface area contributed by atoms with Crippen LogP contribution in [0, 0.1) is 5.21 Å². The van der Waals surface area contributed by atoms with Crippen LogP contribution in [0.3, 0.4) is 0 Å². The van der Waals surface area contributed by atoms with Crippen molar-refractivity contribution in [1.29, 1.82) is 0 Å².